The van der Waals surface area contributed by atoms with Gasteiger partial charge in [-0.2, -0.15) is 0 Å². The van der Waals surface area contributed by atoms with Crippen molar-refractivity contribution >= 4 is 11.8 Å². The molecule has 0 aromatic carbocycles. The molecule has 0 aliphatic rings. The Bertz CT molecular complexity index is 327. The van der Waals surface area contributed by atoms with Crippen molar-refractivity contribution in [3.05, 3.63) is 23.9 Å². The molecule has 5 heteroatoms. The number of hydrogen-bond acceptors (Lipinski definition) is 3. The van der Waals surface area contributed by atoms with Gasteiger partial charge < -0.3 is 11.1 Å². The molecule has 0 radical (unpaired) electrons. The maximum atomic E-state index is 11.3. The fourth-order valence-electron chi connectivity index (χ4n) is 1.06. The van der Waals surface area contributed by atoms with Gasteiger partial charge in [0.1, 0.15) is 5.82 Å². The molecule has 5 nitrogen and oxygen atoms in total. The second-order valence-electron chi connectivity index (χ2n) is 3.10. The minimum atomic E-state index is -0.237. The van der Waals surface area contributed by atoms with Crippen LogP contribution in [0.25, 0.3) is 0 Å². The van der Waals surface area contributed by atoms with Crippen molar-refractivity contribution < 1.29 is 4.79 Å². The quantitative estimate of drug-likeness (QED) is 0.692. The topological polar surface area (TPSA) is 80.0 Å². The summed E-state index contributed by atoms with van der Waals surface area (Å²) in [5.41, 5.74) is 6.19. The Hall–Kier alpha value is -1.62. The summed E-state index contributed by atoms with van der Waals surface area (Å²) < 4.78 is 0. The fraction of sp³-hybridized carbons (Fsp3) is 0.400. The van der Waals surface area contributed by atoms with Crippen molar-refractivity contribution in [3.63, 3.8) is 0 Å². The van der Waals surface area contributed by atoms with Crippen LogP contribution in [0.5, 0.6) is 0 Å². The summed E-state index contributed by atoms with van der Waals surface area (Å²) in [4.78, 5) is 15.4. The van der Waals surface area contributed by atoms with E-state index in [2.05, 4.69) is 15.6 Å². The standard InChI is InChI=1S/C10H16N4O/c1-2-6-12-10(15)14-9-5-3-4-8(7-11)13-9/h3-5H,2,6-7,11H2,1H3,(H2,12,13,14,15). The zero-order valence-electron chi connectivity index (χ0n) is 8.79. The van der Waals surface area contributed by atoms with Crippen molar-refractivity contribution in [2.75, 3.05) is 11.9 Å². The maximum absolute atomic E-state index is 11.3. The fourth-order valence-corrected chi connectivity index (χ4v) is 1.06. The highest BCUT2D eigenvalue weighted by molar-refractivity contribution is 5.88. The maximum Gasteiger partial charge on any atom is 0.320 e. The van der Waals surface area contributed by atoms with Crippen molar-refractivity contribution in [1.29, 1.82) is 0 Å². The van der Waals surface area contributed by atoms with Crippen molar-refractivity contribution in [2.45, 2.75) is 19.9 Å². The molecule has 15 heavy (non-hydrogen) atoms. The molecule has 0 aliphatic carbocycles. The van der Waals surface area contributed by atoms with Crippen LogP contribution in [-0.4, -0.2) is 17.6 Å². The molecule has 0 unspecified atom stereocenters. The third-order valence-corrected chi connectivity index (χ3v) is 1.79. The molecule has 1 rings (SSSR count). The number of nitrogens with two attached hydrogens (primary N) is 1. The van der Waals surface area contributed by atoms with Crippen LogP contribution in [0.1, 0.15) is 19.0 Å². The molecule has 2 amide bonds. The SMILES string of the molecule is CCCNC(=O)Nc1cccc(CN)n1. The Morgan fingerprint density at radius 3 is 3.00 bits per heavy atom. The largest absolute Gasteiger partial charge is 0.338 e. The van der Waals surface area contributed by atoms with Gasteiger partial charge in [-0.15, -0.1) is 0 Å². The Morgan fingerprint density at radius 2 is 2.33 bits per heavy atom. The molecule has 1 aromatic heterocycles. The second kappa shape index (κ2) is 5.98. The van der Waals surface area contributed by atoms with Gasteiger partial charge in [0.25, 0.3) is 0 Å². The summed E-state index contributed by atoms with van der Waals surface area (Å²) in [7, 11) is 0. The highest BCUT2D eigenvalue weighted by atomic mass is 16.2. The van der Waals surface area contributed by atoms with Gasteiger partial charge in [-0.05, 0) is 18.6 Å². The number of hydrogen-bond donors (Lipinski definition) is 3. The van der Waals surface area contributed by atoms with E-state index in [9.17, 15) is 4.79 Å². The van der Waals surface area contributed by atoms with E-state index in [0.29, 0.717) is 18.9 Å². The minimum Gasteiger partial charge on any atom is -0.338 e. The lowest BCUT2D eigenvalue weighted by Crippen LogP contribution is -2.29. The minimum absolute atomic E-state index is 0.237. The lowest BCUT2D eigenvalue weighted by Gasteiger charge is -2.06. The van der Waals surface area contributed by atoms with E-state index >= 15 is 0 Å². The van der Waals surface area contributed by atoms with E-state index < -0.39 is 0 Å². The molecule has 0 spiro atoms. The average molecular weight is 208 g/mol. The highest BCUT2D eigenvalue weighted by Gasteiger charge is 2.01. The van der Waals surface area contributed by atoms with Crippen LogP contribution in [0.4, 0.5) is 10.6 Å². The molecule has 0 saturated carbocycles. The zero-order chi connectivity index (χ0) is 11.1. The predicted molar refractivity (Wildman–Crippen MR) is 59.4 cm³/mol. The Morgan fingerprint density at radius 1 is 1.53 bits per heavy atom. The molecule has 1 heterocycles. The third-order valence-electron chi connectivity index (χ3n) is 1.79. The number of carbonyl (C=O) groups excluding carboxylic acids is 1. The van der Waals surface area contributed by atoms with Crippen LogP contribution >= 0.6 is 0 Å². The van der Waals surface area contributed by atoms with Crippen LogP contribution in [-0.2, 0) is 6.54 Å². The van der Waals surface area contributed by atoms with Gasteiger partial charge >= 0.3 is 6.03 Å². The Balaban J connectivity index is 2.52. The number of anilines is 1. The number of rotatable bonds is 4. The van der Waals surface area contributed by atoms with Crippen LogP contribution in [0.15, 0.2) is 18.2 Å². The molecular weight excluding hydrogens is 192 g/mol. The van der Waals surface area contributed by atoms with Gasteiger partial charge in [-0.25, -0.2) is 9.78 Å². The van der Waals surface area contributed by atoms with E-state index in [0.717, 1.165) is 12.1 Å². The second-order valence-corrected chi connectivity index (χ2v) is 3.10. The molecule has 0 bridgehead atoms. The van der Waals surface area contributed by atoms with E-state index in [1.807, 2.05) is 19.1 Å². The van der Waals surface area contributed by atoms with Crippen molar-refractivity contribution in [2.24, 2.45) is 5.73 Å². The van der Waals surface area contributed by atoms with Gasteiger partial charge in [0.2, 0.25) is 0 Å². The summed E-state index contributed by atoms with van der Waals surface area (Å²) in [6, 6.07) is 5.11. The number of nitrogens with zero attached hydrogens (tertiary/aromatic N) is 1. The number of amides is 2. The van der Waals surface area contributed by atoms with Gasteiger partial charge in [0, 0.05) is 13.1 Å². The first-order valence-corrected chi connectivity index (χ1v) is 4.97. The third kappa shape index (κ3) is 3.95. The molecular formula is C10H16N4O. The van der Waals surface area contributed by atoms with E-state index in [4.69, 9.17) is 5.73 Å². The summed E-state index contributed by atoms with van der Waals surface area (Å²) in [6.07, 6.45) is 0.906. The van der Waals surface area contributed by atoms with E-state index in [1.54, 1.807) is 6.07 Å². The van der Waals surface area contributed by atoms with Crippen LogP contribution in [0.3, 0.4) is 0 Å². The summed E-state index contributed by atoms with van der Waals surface area (Å²) >= 11 is 0. The highest BCUT2D eigenvalue weighted by Crippen LogP contribution is 2.03. The summed E-state index contributed by atoms with van der Waals surface area (Å²) in [5, 5.41) is 5.33. The lowest BCUT2D eigenvalue weighted by molar-refractivity contribution is 0.252. The molecule has 1 aromatic rings. The number of pyridine rings is 1. The number of aromatic nitrogens is 1. The normalized spacial score (nSPS) is 9.73. The van der Waals surface area contributed by atoms with Gasteiger partial charge in [0.15, 0.2) is 0 Å². The Labute approximate surface area is 89.1 Å². The molecule has 82 valence electrons. The molecule has 0 atom stereocenters. The Kier molecular flexibility index (Phi) is 4.56. The predicted octanol–water partition coefficient (Wildman–Crippen LogP) is 1.07. The summed E-state index contributed by atoms with van der Waals surface area (Å²) in [5.74, 6) is 0.520. The van der Waals surface area contributed by atoms with E-state index in [1.165, 1.54) is 0 Å². The van der Waals surface area contributed by atoms with Gasteiger partial charge in [-0.3, -0.25) is 5.32 Å². The number of urea groups is 1. The van der Waals surface area contributed by atoms with Crippen molar-refractivity contribution in [3.8, 4) is 0 Å². The van der Waals surface area contributed by atoms with Crippen molar-refractivity contribution in [1.82, 2.24) is 10.3 Å². The zero-order valence-corrected chi connectivity index (χ0v) is 8.79. The number of carbonyl (C=O) groups is 1. The van der Waals surface area contributed by atoms with Crippen LogP contribution in [0, 0.1) is 0 Å². The molecule has 4 N–H and O–H groups in total. The lowest BCUT2D eigenvalue weighted by atomic mass is 10.3. The molecule has 0 fully saturated rings. The van der Waals surface area contributed by atoms with Crippen LogP contribution in [0.2, 0.25) is 0 Å². The average Bonchev–Trinajstić information content (AvgIpc) is 2.26. The monoisotopic (exact) mass is 208 g/mol. The summed E-state index contributed by atoms with van der Waals surface area (Å²) in [6.45, 7) is 3.02. The number of nitrogens with one attached hydrogen (secondary N) is 2. The van der Waals surface area contributed by atoms with E-state index in [-0.39, 0.29) is 6.03 Å². The molecule has 0 aliphatic heterocycles. The molecule has 0 saturated heterocycles. The first kappa shape index (κ1) is 11.5. The van der Waals surface area contributed by atoms with Gasteiger partial charge in [-0.1, -0.05) is 13.0 Å². The van der Waals surface area contributed by atoms with Gasteiger partial charge in [0.05, 0.1) is 5.69 Å². The first-order valence-electron chi connectivity index (χ1n) is 4.97. The first-order chi connectivity index (χ1) is 7.26. The van der Waals surface area contributed by atoms with Crippen LogP contribution < -0.4 is 16.4 Å². The smallest absolute Gasteiger partial charge is 0.320 e.